The van der Waals surface area contributed by atoms with Gasteiger partial charge in [0.2, 0.25) is 21.8 Å². The normalized spacial score (nSPS) is 11.9. The molecule has 3 aromatic rings. The fourth-order valence-electron chi connectivity index (χ4n) is 4.44. The summed E-state index contributed by atoms with van der Waals surface area (Å²) >= 11 is 0. The summed E-state index contributed by atoms with van der Waals surface area (Å²) in [5.41, 5.74) is 2.45. The maximum Gasteiger partial charge on any atom is 0.243 e. The predicted molar refractivity (Wildman–Crippen MR) is 157 cm³/mol. The van der Waals surface area contributed by atoms with Gasteiger partial charge in [0.1, 0.15) is 6.04 Å². The highest BCUT2D eigenvalue weighted by molar-refractivity contribution is 7.92. The zero-order chi connectivity index (χ0) is 28.1. The van der Waals surface area contributed by atoms with Gasteiger partial charge in [0.05, 0.1) is 11.9 Å². The van der Waals surface area contributed by atoms with Crippen molar-refractivity contribution >= 4 is 27.5 Å². The van der Waals surface area contributed by atoms with Crippen LogP contribution in [0, 0.1) is 0 Å². The Labute approximate surface area is 232 Å². The molecule has 8 heteroatoms. The van der Waals surface area contributed by atoms with E-state index in [2.05, 4.69) is 12.2 Å². The molecule has 0 fully saturated rings. The quantitative estimate of drug-likeness (QED) is 0.276. The van der Waals surface area contributed by atoms with Crippen LogP contribution in [0.1, 0.15) is 43.7 Å². The molecular weight excluding hydrogens is 510 g/mol. The standard InChI is InChI=1S/C31H39N3O4S/c1-3-4-22-32-31(36)29(24-26-15-8-5-9-16-26)33(25-27-17-10-6-11-18-27)30(35)21-14-23-34(39(2,37)38)28-19-12-7-13-20-28/h5-13,15-20,29H,3-4,14,21-25H2,1-2H3,(H,32,36)/t29-/m1/s1. The predicted octanol–water partition coefficient (Wildman–Crippen LogP) is 4.79. The Bertz CT molecular complexity index is 1270. The van der Waals surface area contributed by atoms with Crippen LogP contribution in [-0.4, -0.2) is 50.5 Å². The number of anilines is 1. The second-order valence-corrected chi connectivity index (χ2v) is 11.5. The largest absolute Gasteiger partial charge is 0.354 e. The van der Waals surface area contributed by atoms with E-state index in [0.717, 1.165) is 24.0 Å². The summed E-state index contributed by atoms with van der Waals surface area (Å²) in [6, 6.07) is 27.5. The molecule has 39 heavy (non-hydrogen) atoms. The molecule has 0 aliphatic rings. The van der Waals surface area contributed by atoms with E-state index in [1.807, 2.05) is 66.7 Å². The molecule has 2 amide bonds. The van der Waals surface area contributed by atoms with Crippen molar-refractivity contribution in [2.45, 2.75) is 51.6 Å². The number of benzene rings is 3. The van der Waals surface area contributed by atoms with Crippen LogP contribution < -0.4 is 9.62 Å². The Morgan fingerprint density at radius 1 is 0.821 bits per heavy atom. The number of hydrogen-bond acceptors (Lipinski definition) is 4. The first-order chi connectivity index (χ1) is 18.8. The molecule has 3 aromatic carbocycles. The lowest BCUT2D eigenvalue weighted by atomic mass is 10.0. The number of para-hydroxylation sites is 1. The van der Waals surface area contributed by atoms with Crippen molar-refractivity contribution in [1.29, 1.82) is 0 Å². The molecule has 0 saturated heterocycles. The van der Waals surface area contributed by atoms with Gasteiger partial charge in [-0.1, -0.05) is 92.2 Å². The Morgan fingerprint density at radius 3 is 1.95 bits per heavy atom. The van der Waals surface area contributed by atoms with Gasteiger partial charge in [0, 0.05) is 32.5 Å². The van der Waals surface area contributed by atoms with Crippen molar-refractivity contribution in [2.24, 2.45) is 0 Å². The van der Waals surface area contributed by atoms with Crippen molar-refractivity contribution in [3.05, 3.63) is 102 Å². The SMILES string of the molecule is CCCCNC(=O)[C@@H](Cc1ccccc1)N(Cc1ccccc1)C(=O)CCCN(c1ccccc1)S(C)(=O)=O. The Morgan fingerprint density at radius 2 is 1.38 bits per heavy atom. The molecule has 3 rings (SSSR count). The number of carbonyl (C=O) groups excluding carboxylic acids is 2. The van der Waals surface area contributed by atoms with E-state index in [0.29, 0.717) is 25.1 Å². The van der Waals surface area contributed by atoms with Crippen LogP contribution in [0.15, 0.2) is 91.0 Å². The van der Waals surface area contributed by atoms with Crippen LogP contribution in [0.25, 0.3) is 0 Å². The smallest absolute Gasteiger partial charge is 0.243 e. The zero-order valence-electron chi connectivity index (χ0n) is 22.8. The van der Waals surface area contributed by atoms with Gasteiger partial charge >= 0.3 is 0 Å². The van der Waals surface area contributed by atoms with Gasteiger partial charge in [-0.2, -0.15) is 0 Å². The van der Waals surface area contributed by atoms with E-state index in [9.17, 15) is 18.0 Å². The van der Waals surface area contributed by atoms with Crippen molar-refractivity contribution in [2.75, 3.05) is 23.7 Å². The number of amides is 2. The third-order valence-electron chi connectivity index (χ3n) is 6.49. The maximum atomic E-state index is 13.8. The lowest BCUT2D eigenvalue weighted by molar-refractivity contribution is -0.141. The highest BCUT2D eigenvalue weighted by Gasteiger charge is 2.30. The lowest BCUT2D eigenvalue weighted by Gasteiger charge is -2.32. The number of sulfonamides is 1. The third-order valence-corrected chi connectivity index (χ3v) is 7.69. The maximum absolute atomic E-state index is 13.8. The molecule has 0 bridgehead atoms. The second kappa shape index (κ2) is 15.1. The number of carbonyl (C=O) groups is 2. The fourth-order valence-corrected chi connectivity index (χ4v) is 5.40. The molecule has 0 heterocycles. The molecular formula is C31H39N3O4S. The highest BCUT2D eigenvalue weighted by Crippen LogP contribution is 2.20. The van der Waals surface area contributed by atoms with Crippen LogP contribution in [0.2, 0.25) is 0 Å². The first kappa shape index (κ1) is 29.9. The van der Waals surface area contributed by atoms with E-state index >= 15 is 0 Å². The molecule has 7 nitrogen and oxygen atoms in total. The van der Waals surface area contributed by atoms with Crippen molar-refractivity contribution in [3.8, 4) is 0 Å². The molecule has 0 saturated carbocycles. The van der Waals surface area contributed by atoms with E-state index in [1.165, 1.54) is 10.6 Å². The topological polar surface area (TPSA) is 86.8 Å². The minimum Gasteiger partial charge on any atom is -0.354 e. The van der Waals surface area contributed by atoms with Crippen molar-refractivity contribution in [1.82, 2.24) is 10.2 Å². The molecule has 0 aliphatic carbocycles. The summed E-state index contributed by atoms with van der Waals surface area (Å²) in [5.74, 6) is -0.370. The summed E-state index contributed by atoms with van der Waals surface area (Å²) in [6.45, 7) is 3.06. The van der Waals surface area contributed by atoms with E-state index in [4.69, 9.17) is 0 Å². The second-order valence-electron chi connectivity index (χ2n) is 9.63. The average Bonchev–Trinajstić information content (AvgIpc) is 2.94. The minimum absolute atomic E-state index is 0.110. The number of nitrogens with one attached hydrogen (secondary N) is 1. The van der Waals surface area contributed by atoms with E-state index in [-0.39, 0.29) is 31.3 Å². The highest BCUT2D eigenvalue weighted by atomic mass is 32.2. The molecule has 0 aromatic heterocycles. The Balaban J connectivity index is 1.83. The zero-order valence-corrected chi connectivity index (χ0v) is 23.6. The van der Waals surface area contributed by atoms with Gasteiger partial charge in [-0.15, -0.1) is 0 Å². The summed E-state index contributed by atoms with van der Waals surface area (Å²) in [4.78, 5) is 28.9. The van der Waals surface area contributed by atoms with Crippen molar-refractivity contribution < 1.29 is 18.0 Å². The molecule has 1 atom stereocenters. The van der Waals surface area contributed by atoms with Crippen LogP contribution in [0.3, 0.4) is 0 Å². The van der Waals surface area contributed by atoms with E-state index in [1.54, 1.807) is 29.2 Å². The Kier molecular flexibility index (Phi) is 11.6. The molecule has 1 N–H and O–H groups in total. The van der Waals surface area contributed by atoms with Crippen LogP contribution in [0.4, 0.5) is 5.69 Å². The summed E-state index contributed by atoms with van der Waals surface area (Å²) in [5, 5.41) is 3.02. The van der Waals surface area contributed by atoms with Gasteiger partial charge < -0.3 is 10.2 Å². The van der Waals surface area contributed by atoms with Crippen molar-refractivity contribution in [3.63, 3.8) is 0 Å². The van der Waals surface area contributed by atoms with Crippen LogP contribution in [-0.2, 0) is 32.6 Å². The fraction of sp³-hybridized carbons (Fsp3) is 0.355. The third kappa shape index (κ3) is 9.55. The number of rotatable bonds is 15. The minimum atomic E-state index is -3.52. The van der Waals surface area contributed by atoms with Gasteiger partial charge in [0.25, 0.3) is 0 Å². The van der Waals surface area contributed by atoms with Gasteiger partial charge in [0.15, 0.2) is 0 Å². The molecule has 0 aliphatic heterocycles. The molecule has 0 spiro atoms. The molecule has 0 unspecified atom stereocenters. The van der Waals surface area contributed by atoms with E-state index < -0.39 is 16.1 Å². The lowest BCUT2D eigenvalue weighted by Crippen LogP contribution is -2.50. The van der Waals surface area contributed by atoms with Gasteiger partial charge in [-0.25, -0.2) is 8.42 Å². The summed E-state index contributed by atoms with van der Waals surface area (Å²) < 4.78 is 26.3. The number of hydrogen-bond donors (Lipinski definition) is 1. The number of unbranched alkanes of at least 4 members (excludes halogenated alkanes) is 1. The van der Waals surface area contributed by atoms with Gasteiger partial charge in [-0.3, -0.25) is 13.9 Å². The van der Waals surface area contributed by atoms with Crippen LogP contribution >= 0.6 is 0 Å². The first-order valence-electron chi connectivity index (χ1n) is 13.5. The first-order valence-corrected chi connectivity index (χ1v) is 15.3. The molecule has 208 valence electrons. The summed E-state index contributed by atoms with van der Waals surface area (Å²) in [7, 11) is -3.52. The van der Waals surface area contributed by atoms with Gasteiger partial charge in [-0.05, 0) is 36.1 Å². The van der Waals surface area contributed by atoms with Crippen LogP contribution in [0.5, 0.6) is 0 Å². The molecule has 0 radical (unpaired) electrons. The summed E-state index contributed by atoms with van der Waals surface area (Å²) in [6.07, 6.45) is 3.80. The monoisotopic (exact) mass is 549 g/mol. The number of nitrogens with zero attached hydrogens (tertiary/aromatic N) is 2. The average molecular weight is 550 g/mol. The Hall–Kier alpha value is -3.65.